The van der Waals surface area contributed by atoms with Gasteiger partial charge in [-0.1, -0.05) is 23.2 Å². The third kappa shape index (κ3) is 2.44. The van der Waals surface area contributed by atoms with Gasteiger partial charge < -0.3 is 4.90 Å². The summed E-state index contributed by atoms with van der Waals surface area (Å²) in [5, 5.41) is 1.13. The Morgan fingerprint density at radius 1 is 1.07 bits per heavy atom. The topological polar surface area (TPSA) is 20.3 Å². The Morgan fingerprint density at radius 3 is 2.33 bits per heavy atom. The molecule has 0 radical (unpaired) electrons. The Bertz CT molecular complexity index is 372. The molecule has 1 amide bonds. The first-order chi connectivity index (χ1) is 7.16. The SMILES string of the molecule is O=C1CCCCN1c1cc(Cl)cc(Cl)c1. The number of piperidine rings is 1. The summed E-state index contributed by atoms with van der Waals surface area (Å²) < 4.78 is 0. The summed E-state index contributed by atoms with van der Waals surface area (Å²) >= 11 is 11.8. The number of rotatable bonds is 1. The number of benzene rings is 1. The van der Waals surface area contributed by atoms with Gasteiger partial charge in [-0.2, -0.15) is 0 Å². The molecule has 4 heteroatoms. The summed E-state index contributed by atoms with van der Waals surface area (Å²) in [5.74, 6) is 0.152. The molecule has 0 unspecified atom stereocenters. The molecule has 1 saturated heterocycles. The highest BCUT2D eigenvalue weighted by atomic mass is 35.5. The van der Waals surface area contributed by atoms with E-state index in [1.165, 1.54) is 0 Å². The number of amides is 1. The van der Waals surface area contributed by atoms with E-state index in [-0.39, 0.29) is 5.91 Å². The Balaban J connectivity index is 2.31. The predicted molar refractivity (Wildman–Crippen MR) is 62.7 cm³/mol. The molecule has 2 rings (SSSR count). The van der Waals surface area contributed by atoms with Crippen LogP contribution in [0.4, 0.5) is 5.69 Å². The van der Waals surface area contributed by atoms with Crippen LogP contribution in [0.1, 0.15) is 19.3 Å². The van der Waals surface area contributed by atoms with Crippen molar-refractivity contribution in [3.63, 3.8) is 0 Å². The van der Waals surface area contributed by atoms with Crippen molar-refractivity contribution in [2.24, 2.45) is 0 Å². The molecule has 0 atom stereocenters. The zero-order valence-corrected chi connectivity index (χ0v) is 9.68. The molecule has 0 aromatic heterocycles. The van der Waals surface area contributed by atoms with Crippen LogP contribution >= 0.6 is 23.2 Å². The lowest BCUT2D eigenvalue weighted by Crippen LogP contribution is -2.35. The van der Waals surface area contributed by atoms with Crippen LogP contribution < -0.4 is 4.90 Å². The van der Waals surface area contributed by atoms with Crippen LogP contribution in [0, 0.1) is 0 Å². The van der Waals surface area contributed by atoms with E-state index < -0.39 is 0 Å². The number of carbonyl (C=O) groups is 1. The molecule has 0 bridgehead atoms. The van der Waals surface area contributed by atoms with Gasteiger partial charge in [0.1, 0.15) is 0 Å². The maximum Gasteiger partial charge on any atom is 0.226 e. The van der Waals surface area contributed by atoms with E-state index in [1.807, 2.05) is 0 Å². The van der Waals surface area contributed by atoms with Crippen LogP contribution in [0.2, 0.25) is 10.0 Å². The van der Waals surface area contributed by atoms with Crippen LogP contribution in [0.3, 0.4) is 0 Å². The van der Waals surface area contributed by atoms with Gasteiger partial charge in [0.25, 0.3) is 0 Å². The number of carbonyl (C=O) groups excluding carboxylic acids is 1. The number of anilines is 1. The Hall–Kier alpha value is -0.730. The minimum atomic E-state index is 0.152. The van der Waals surface area contributed by atoms with Crippen LogP contribution in [0.25, 0.3) is 0 Å². The van der Waals surface area contributed by atoms with Crippen molar-refractivity contribution < 1.29 is 4.79 Å². The maximum absolute atomic E-state index is 11.7. The number of hydrogen-bond acceptors (Lipinski definition) is 1. The number of halogens is 2. The minimum absolute atomic E-state index is 0.152. The third-order valence-corrected chi connectivity index (χ3v) is 2.92. The second-order valence-electron chi connectivity index (χ2n) is 3.63. The standard InChI is InChI=1S/C11H11Cl2NO/c12-8-5-9(13)7-10(6-8)14-4-2-1-3-11(14)15/h5-7H,1-4H2. The average molecular weight is 244 g/mol. The Morgan fingerprint density at radius 2 is 1.73 bits per heavy atom. The summed E-state index contributed by atoms with van der Waals surface area (Å²) in [6.07, 6.45) is 2.63. The zero-order chi connectivity index (χ0) is 10.8. The molecule has 1 aromatic carbocycles. The highest BCUT2D eigenvalue weighted by Crippen LogP contribution is 2.27. The van der Waals surface area contributed by atoms with Gasteiger partial charge in [0.05, 0.1) is 0 Å². The van der Waals surface area contributed by atoms with Gasteiger partial charge >= 0.3 is 0 Å². The van der Waals surface area contributed by atoms with Crippen molar-refractivity contribution in [2.75, 3.05) is 11.4 Å². The van der Waals surface area contributed by atoms with Gasteiger partial charge in [0.2, 0.25) is 5.91 Å². The van der Waals surface area contributed by atoms with Crippen molar-refractivity contribution >= 4 is 34.8 Å². The fraction of sp³-hybridized carbons (Fsp3) is 0.364. The Kier molecular flexibility index (Phi) is 3.17. The largest absolute Gasteiger partial charge is 0.312 e. The van der Waals surface area contributed by atoms with Crippen molar-refractivity contribution in [2.45, 2.75) is 19.3 Å². The molecule has 1 aliphatic rings. The molecule has 80 valence electrons. The molecule has 0 N–H and O–H groups in total. The highest BCUT2D eigenvalue weighted by Gasteiger charge is 2.19. The lowest BCUT2D eigenvalue weighted by molar-refractivity contribution is -0.119. The quantitative estimate of drug-likeness (QED) is 0.740. The monoisotopic (exact) mass is 243 g/mol. The molecule has 1 heterocycles. The first kappa shape index (κ1) is 10.8. The molecular formula is C11H11Cl2NO. The Labute approximate surface area is 98.8 Å². The fourth-order valence-corrected chi connectivity index (χ4v) is 2.29. The second-order valence-corrected chi connectivity index (χ2v) is 4.50. The fourth-order valence-electron chi connectivity index (χ4n) is 1.77. The molecule has 1 aromatic rings. The van der Waals surface area contributed by atoms with E-state index in [0.717, 1.165) is 25.1 Å². The highest BCUT2D eigenvalue weighted by molar-refractivity contribution is 6.35. The second kappa shape index (κ2) is 4.42. The predicted octanol–water partition coefficient (Wildman–Crippen LogP) is 3.51. The molecule has 1 fully saturated rings. The van der Waals surface area contributed by atoms with E-state index in [1.54, 1.807) is 23.1 Å². The lowest BCUT2D eigenvalue weighted by Gasteiger charge is -2.27. The molecule has 1 aliphatic heterocycles. The van der Waals surface area contributed by atoms with Gasteiger partial charge in [-0.05, 0) is 31.0 Å². The van der Waals surface area contributed by atoms with E-state index in [0.29, 0.717) is 16.5 Å². The minimum Gasteiger partial charge on any atom is -0.312 e. The summed E-state index contributed by atoms with van der Waals surface area (Å²) in [6, 6.07) is 5.22. The number of hydrogen-bond donors (Lipinski definition) is 0. The van der Waals surface area contributed by atoms with Gasteiger partial charge in [0, 0.05) is 28.7 Å². The molecule has 0 spiro atoms. The van der Waals surface area contributed by atoms with E-state index in [2.05, 4.69) is 0 Å². The van der Waals surface area contributed by atoms with E-state index in [4.69, 9.17) is 23.2 Å². The molecule has 15 heavy (non-hydrogen) atoms. The van der Waals surface area contributed by atoms with E-state index in [9.17, 15) is 4.79 Å². The van der Waals surface area contributed by atoms with Crippen LogP contribution in [0.15, 0.2) is 18.2 Å². The summed E-state index contributed by atoms with van der Waals surface area (Å²) in [5.41, 5.74) is 0.803. The van der Waals surface area contributed by atoms with Crippen molar-refractivity contribution in [3.8, 4) is 0 Å². The van der Waals surface area contributed by atoms with Crippen LogP contribution in [0.5, 0.6) is 0 Å². The average Bonchev–Trinajstić information content (AvgIpc) is 2.16. The van der Waals surface area contributed by atoms with Crippen LogP contribution in [-0.2, 0) is 4.79 Å². The first-order valence-corrected chi connectivity index (χ1v) is 5.69. The molecule has 0 aliphatic carbocycles. The summed E-state index contributed by atoms with van der Waals surface area (Å²) in [7, 11) is 0. The summed E-state index contributed by atoms with van der Waals surface area (Å²) in [6.45, 7) is 0.759. The van der Waals surface area contributed by atoms with Crippen molar-refractivity contribution in [1.29, 1.82) is 0 Å². The smallest absolute Gasteiger partial charge is 0.226 e. The lowest BCUT2D eigenvalue weighted by atomic mass is 10.1. The molecule has 0 saturated carbocycles. The van der Waals surface area contributed by atoms with Crippen molar-refractivity contribution in [1.82, 2.24) is 0 Å². The summed E-state index contributed by atoms with van der Waals surface area (Å²) in [4.78, 5) is 13.4. The zero-order valence-electron chi connectivity index (χ0n) is 8.17. The van der Waals surface area contributed by atoms with Gasteiger partial charge in [0.15, 0.2) is 0 Å². The first-order valence-electron chi connectivity index (χ1n) is 4.93. The normalized spacial score (nSPS) is 16.9. The van der Waals surface area contributed by atoms with E-state index >= 15 is 0 Å². The van der Waals surface area contributed by atoms with Gasteiger partial charge in [-0.3, -0.25) is 4.79 Å². The molecule has 2 nitrogen and oxygen atoms in total. The van der Waals surface area contributed by atoms with Gasteiger partial charge in [-0.25, -0.2) is 0 Å². The van der Waals surface area contributed by atoms with Crippen LogP contribution in [-0.4, -0.2) is 12.5 Å². The molecular weight excluding hydrogens is 233 g/mol. The maximum atomic E-state index is 11.7. The van der Waals surface area contributed by atoms with Crippen molar-refractivity contribution in [3.05, 3.63) is 28.2 Å². The number of nitrogens with zero attached hydrogens (tertiary/aromatic N) is 1. The van der Waals surface area contributed by atoms with Gasteiger partial charge in [-0.15, -0.1) is 0 Å². The third-order valence-electron chi connectivity index (χ3n) is 2.48.